The van der Waals surface area contributed by atoms with E-state index in [4.69, 9.17) is 11.6 Å². The number of H-pyrrole nitrogens is 1. The van der Waals surface area contributed by atoms with Crippen molar-refractivity contribution in [3.63, 3.8) is 0 Å². The fraction of sp³-hybridized carbons (Fsp3) is 0.263. The summed E-state index contributed by atoms with van der Waals surface area (Å²) >= 11 is 6.35. The van der Waals surface area contributed by atoms with Gasteiger partial charge in [0.2, 0.25) is 5.91 Å². The molecule has 1 fully saturated rings. The molecule has 8 heteroatoms. The Morgan fingerprint density at radius 3 is 2.70 bits per heavy atom. The average Bonchev–Trinajstić information content (AvgIpc) is 2.97. The first kappa shape index (κ1) is 19.5. The van der Waals surface area contributed by atoms with E-state index in [9.17, 15) is 9.59 Å². The summed E-state index contributed by atoms with van der Waals surface area (Å²) in [4.78, 5) is 29.9. The van der Waals surface area contributed by atoms with Crippen molar-refractivity contribution >= 4 is 40.9 Å². The zero-order valence-electron chi connectivity index (χ0n) is 14.5. The number of benzene rings is 2. The van der Waals surface area contributed by atoms with Crippen molar-refractivity contribution in [3.8, 4) is 0 Å². The maximum absolute atomic E-state index is 13.0. The lowest BCUT2D eigenvalue weighted by molar-refractivity contribution is -0.135. The highest BCUT2D eigenvalue weighted by molar-refractivity contribution is 6.31. The van der Waals surface area contributed by atoms with Gasteiger partial charge >= 0.3 is 5.69 Å². The summed E-state index contributed by atoms with van der Waals surface area (Å²) in [5.74, 6) is -0.0942. The van der Waals surface area contributed by atoms with Gasteiger partial charge in [0.1, 0.15) is 6.54 Å². The molecule has 27 heavy (non-hydrogen) atoms. The number of aromatic amines is 1. The predicted octanol–water partition coefficient (Wildman–Crippen LogP) is 2.58. The molecule has 1 aliphatic rings. The van der Waals surface area contributed by atoms with Crippen LogP contribution in [0.2, 0.25) is 5.02 Å². The Morgan fingerprint density at radius 2 is 1.89 bits per heavy atom. The Balaban J connectivity index is 0.00000210. The van der Waals surface area contributed by atoms with Gasteiger partial charge < -0.3 is 15.2 Å². The highest BCUT2D eigenvalue weighted by atomic mass is 35.5. The van der Waals surface area contributed by atoms with Gasteiger partial charge in [0.05, 0.1) is 17.1 Å². The smallest absolute Gasteiger partial charge is 0.326 e. The third-order valence-corrected chi connectivity index (χ3v) is 5.15. The lowest BCUT2D eigenvalue weighted by Gasteiger charge is -2.37. The van der Waals surface area contributed by atoms with Gasteiger partial charge in [-0.25, -0.2) is 4.79 Å². The molecule has 0 aliphatic carbocycles. The molecule has 0 saturated carbocycles. The second-order valence-electron chi connectivity index (χ2n) is 6.36. The van der Waals surface area contributed by atoms with Crippen molar-refractivity contribution in [1.29, 1.82) is 0 Å². The summed E-state index contributed by atoms with van der Waals surface area (Å²) < 4.78 is 1.49. The Kier molecular flexibility index (Phi) is 5.89. The molecule has 2 aromatic carbocycles. The Hall–Kier alpha value is -2.28. The third kappa shape index (κ3) is 3.74. The molecule has 2 N–H and O–H groups in total. The van der Waals surface area contributed by atoms with Gasteiger partial charge in [-0.1, -0.05) is 41.9 Å². The monoisotopic (exact) mass is 406 g/mol. The van der Waals surface area contributed by atoms with E-state index in [1.54, 1.807) is 0 Å². The molecule has 1 unspecified atom stereocenters. The summed E-state index contributed by atoms with van der Waals surface area (Å²) in [5, 5.41) is 3.96. The Labute approximate surface area is 167 Å². The van der Waals surface area contributed by atoms with E-state index in [0.29, 0.717) is 18.1 Å². The SMILES string of the molecule is Cl.O=C(Cn1c(=O)[nH]c2ccccc21)N1CCNCC1c1ccccc1Cl. The first-order valence-corrected chi connectivity index (χ1v) is 8.95. The average molecular weight is 407 g/mol. The minimum atomic E-state index is -0.274. The maximum Gasteiger partial charge on any atom is 0.326 e. The number of halogens is 2. The Bertz CT molecular complexity index is 1010. The molecule has 0 radical (unpaired) electrons. The van der Waals surface area contributed by atoms with Crippen LogP contribution in [-0.4, -0.2) is 40.0 Å². The normalized spacial score (nSPS) is 16.9. The van der Waals surface area contributed by atoms with Crippen molar-refractivity contribution in [2.45, 2.75) is 12.6 Å². The molecule has 1 amide bonds. The van der Waals surface area contributed by atoms with Crippen LogP contribution >= 0.6 is 24.0 Å². The molecule has 142 valence electrons. The van der Waals surface area contributed by atoms with E-state index in [-0.39, 0.29) is 36.6 Å². The molecular formula is C19H20Cl2N4O2. The van der Waals surface area contributed by atoms with Crippen LogP contribution in [0.5, 0.6) is 0 Å². The zero-order valence-corrected chi connectivity index (χ0v) is 16.1. The number of nitrogens with one attached hydrogen (secondary N) is 2. The molecule has 6 nitrogen and oxygen atoms in total. The summed E-state index contributed by atoms with van der Waals surface area (Å²) in [6, 6.07) is 14.8. The number of aromatic nitrogens is 2. The molecule has 4 rings (SSSR count). The number of para-hydroxylation sites is 2. The summed E-state index contributed by atoms with van der Waals surface area (Å²) in [5.41, 5.74) is 2.11. The van der Waals surface area contributed by atoms with Crippen LogP contribution in [0.15, 0.2) is 53.3 Å². The fourth-order valence-electron chi connectivity index (χ4n) is 3.52. The van der Waals surface area contributed by atoms with Crippen LogP contribution in [0.3, 0.4) is 0 Å². The molecule has 2 heterocycles. The van der Waals surface area contributed by atoms with Crippen LogP contribution < -0.4 is 11.0 Å². The maximum atomic E-state index is 13.0. The lowest BCUT2D eigenvalue weighted by atomic mass is 10.0. The molecule has 1 atom stereocenters. The quantitative estimate of drug-likeness (QED) is 0.701. The minimum Gasteiger partial charge on any atom is -0.331 e. The van der Waals surface area contributed by atoms with Crippen molar-refractivity contribution in [2.75, 3.05) is 19.6 Å². The van der Waals surface area contributed by atoms with Gasteiger partial charge in [-0.05, 0) is 23.8 Å². The van der Waals surface area contributed by atoms with E-state index in [0.717, 1.165) is 23.1 Å². The second kappa shape index (κ2) is 8.17. The minimum absolute atomic E-state index is 0. The van der Waals surface area contributed by atoms with Crippen LogP contribution in [0.1, 0.15) is 11.6 Å². The fourth-order valence-corrected chi connectivity index (χ4v) is 3.78. The molecule has 0 spiro atoms. The van der Waals surface area contributed by atoms with Gasteiger partial charge in [0.25, 0.3) is 0 Å². The summed E-state index contributed by atoms with van der Waals surface area (Å²) in [7, 11) is 0. The van der Waals surface area contributed by atoms with Crippen molar-refractivity contribution < 1.29 is 4.79 Å². The van der Waals surface area contributed by atoms with Crippen LogP contribution in [-0.2, 0) is 11.3 Å². The van der Waals surface area contributed by atoms with E-state index >= 15 is 0 Å². The summed E-state index contributed by atoms with van der Waals surface area (Å²) in [6.45, 7) is 1.93. The van der Waals surface area contributed by atoms with Crippen LogP contribution in [0.4, 0.5) is 0 Å². The molecule has 1 aliphatic heterocycles. The van der Waals surface area contributed by atoms with Crippen molar-refractivity contribution in [1.82, 2.24) is 19.8 Å². The van der Waals surface area contributed by atoms with E-state index in [2.05, 4.69) is 10.3 Å². The lowest BCUT2D eigenvalue weighted by Crippen LogP contribution is -2.50. The van der Waals surface area contributed by atoms with Gasteiger partial charge in [0.15, 0.2) is 0 Å². The highest BCUT2D eigenvalue weighted by Gasteiger charge is 2.29. The standard InChI is InChI=1S/C19H19ClN4O2.ClH/c20-14-6-2-1-5-13(14)17-11-21-9-10-23(17)18(25)12-24-16-8-4-3-7-15(16)22-19(24)26;/h1-8,17,21H,9-12H2,(H,22,26);1H. The van der Waals surface area contributed by atoms with E-state index < -0.39 is 0 Å². The molecule has 1 saturated heterocycles. The Morgan fingerprint density at radius 1 is 1.15 bits per heavy atom. The van der Waals surface area contributed by atoms with Gasteiger partial charge in [0, 0.05) is 24.7 Å². The zero-order chi connectivity index (χ0) is 18.1. The molecule has 0 bridgehead atoms. The van der Waals surface area contributed by atoms with Crippen LogP contribution in [0.25, 0.3) is 11.0 Å². The van der Waals surface area contributed by atoms with Gasteiger partial charge in [-0.3, -0.25) is 9.36 Å². The van der Waals surface area contributed by atoms with E-state index in [1.807, 2.05) is 53.4 Å². The number of amides is 1. The third-order valence-electron chi connectivity index (χ3n) is 4.80. The number of nitrogens with zero attached hydrogens (tertiary/aromatic N) is 2. The highest BCUT2D eigenvalue weighted by Crippen LogP contribution is 2.28. The number of piperazine rings is 1. The number of hydrogen-bond donors (Lipinski definition) is 2. The predicted molar refractivity (Wildman–Crippen MR) is 109 cm³/mol. The number of rotatable bonds is 3. The number of fused-ring (bicyclic) bond motifs is 1. The largest absolute Gasteiger partial charge is 0.331 e. The van der Waals surface area contributed by atoms with Crippen molar-refractivity contribution in [2.24, 2.45) is 0 Å². The number of carbonyl (C=O) groups is 1. The topological polar surface area (TPSA) is 70.1 Å². The van der Waals surface area contributed by atoms with Crippen molar-refractivity contribution in [3.05, 3.63) is 69.6 Å². The molecular weight excluding hydrogens is 387 g/mol. The number of carbonyl (C=O) groups excluding carboxylic acids is 1. The molecule has 1 aromatic heterocycles. The number of hydrogen-bond acceptors (Lipinski definition) is 3. The number of imidazole rings is 1. The first-order valence-electron chi connectivity index (χ1n) is 8.57. The summed E-state index contributed by atoms with van der Waals surface area (Å²) in [6.07, 6.45) is 0. The van der Waals surface area contributed by atoms with Gasteiger partial charge in [-0.15, -0.1) is 12.4 Å². The van der Waals surface area contributed by atoms with Crippen LogP contribution in [0, 0.1) is 0 Å². The molecule has 3 aromatic rings. The first-order chi connectivity index (χ1) is 12.6. The van der Waals surface area contributed by atoms with E-state index in [1.165, 1.54) is 4.57 Å². The second-order valence-corrected chi connectivity index (χ2v) is 6.77. The van der Waals surface area contributed by atoms with Gasteiger partial charge in [-0.2, -0.15) is 0 Å².